The second kappa shape index (κ2) is 5.49. The molecule has 1 fully saturated rings. The average molecular weight is 292 g/mol. The maximum atomic E-state index is 11.9. The summed E-state index contributed by atoms with van der Waals surface area (Å²) in [5.41, 5.74) is 7.14. The Hall–Kier alpha value is -2.48. The molecule has 1 saturated heterocycles. The molecule has 1 aromatic rings. The normalized spacial score (nSPS) is 20.2. The fraction of sp³-hybridized carbons (Fsp3) is 0.385. The highest BCUT2D eigenvalue weighted by Gasteiger charge is 2.20. The van der Waals surface area contributed by atoms with Crippen LogP contribution in [-0.2, 0) is 9.53 Å². The Kier molecular flexibility index (Phi) is 3.53. The number of ether oxygens (including phenoxy) is 2. The van der Waals surface area contributed by atoms with E-state index in [1.54, 1.807) is 12.1 Å². The molecule has 1 unspecified atom stereocenters. The van der Waals surface area contributed by atoms with Crippen molar-refractivity contribution in [2.24, 2.45) is 0 Å². The predicted molar refractivity (Wildman–Crippen MR) is 76.4 cm³/mol. The number of fused-ring (bicyclic) bond motifs is 1. The SMILES string of the molecule is Nc1cc2c(cc1NC(=O)NC1CCOC1)NC(=O)CO2. The van der Waals surface area contributed by atoms with Crippen LogP contribution in [0.4, 0.5) is 21.9 Å². The van der Waals surface area contributed by atoms with Crippen molar-refractivity contribution in [1.82, 2.24) is 5.32 Å². The van der Waals surface area contributed by atoms with Crippen LogP contribution in [0.2, 0.25) is 0 Å². The summed E-state index contributed by atoms with van der Waals surface area (Å²) in [6, 6.07) is 2.79. The van der Waals surface area contributed by atoms with Crippen molar-refractivity contribution in [3.8, 4) is 5.75 Å². The molecule has 0 aromatic heterocycles. The van der Waals surface area contributed by atoms with Crippen LogP contribution in [0.3, 0.4) is 0 Å². The molecule has 1 aromatic carbocycles. The van der Waals surface area contributed by atoms with Gasteiger partial charge in [-0.05, 0) is 12.5 Å². The Labute approximate surface area is 121 Å². The second-order valence-corrected chi connectivity index (χ2v) is 4.93. The topological polar surface area (TPSA) is 115 Å². The van der Waals surface area contributed by atoms with Crippen molar-refractivity contribution in [2.45, 2.75) is 12.5 Å². The van der Waals surface area contributed by atoms with Gasteiger partial charge in [-0.3, -0.25) is 4.79 Å². The molecule has 3 amide bonds. The minimum absolute atomic E-state index is 0.00638. The molecule has 2 aliphatic heterocycles. The van der Waals surface area contributed by atoms with Crippen molar-refractivity contribution < 1.29 is 19.1 Å². The number of urea groups is 1. The number of rotatable bonds is 2. The van der Waals surface area contributed by atoms with Gasteiger partial charge in [0.1, 0.15) is 5.75 Å². The van der Waals surface area contributed by atoms with Crippen LogP contribution in [0, 0.1) is 0 Å². The lowest BCUT2D eigenvalue weighted by Gasteiger charge is -2.20. The number of carbonyl (C=O) groups is 2. The first-order chi connectivity index (χ1) is 10.1. The van der Waals surface area contributed by atoms with Crippen molar-refractivity contribution in [1.29, 1.82) is 0 Å². The Bertz CT molecular complexity index is 584. The van der Waals surface area contributed by atoms with E-state index >= 15 is 0 Å². The Morgan fingerprint density at radius 1 is 1.43 bits per heavy atom. The monoisotopic (exact) mass is 292 g/mol. The number of nitrogen functional groups attached to an aromatic ring is 1. The van der Waals surface area contributed by atoms with Gasteiger partial charge in [-0.25, -0.2) is 4.79 Å². The maximum absolute atomic E-state index is 11.9. The number of hydrogen-bond donors (Lipinski definition) is 4. The highest BCUT2D eigenvalue weighted by molar-refractivity contribution is 5.99. The third-order valence-corrected chi connectivity index (χ3v) is 3.30. The lowest BCUT2D eigenvalue weighted by molar-refractivity contribution is -0.118. The summed E-state index contributed by atoms with van der Waals surface area (Å²) in [7, 11) is 0. The van der Waals surface area contributed by atoms with Gasteiger partial charge in [-0.15, -0.1) is 0 Å². The minimum atomic E-state index is -0.361. The standard InChI is InChI=1S/C13H16N4O4/c14-8-3-11-10(16-12(18)6-21-11)4-9(8)17-13(19)15-7-1-2-20-5-7/h3-4,7H,1-2,5-6,14H2,(H,16,18)(H2,15,17,19). The maximum Gasteiger partial charge on any atom is 0.319 e. The molecule has 1 atom stereocenters. The molecule has 0 bridgehead atoms. The Balaban J connectivity index is 1.71. The molecule has 0 spiro atoms. The molecule has 5 N–H and O–H groups in total. The first kappa shape index (κ1) is 13.5. The minimum Gasteiger partial charge on any atom is -0.482 e. The van der Waals surface area contributed by atoms with Crippen molar-refractivity contribution in [3.05, 3.63) is 12.1 Å². The highest BCUT2D eigenvalue weighted by atomic mass is 16.5. The van der Waals surface area contributed by atoms with Crippen LogP contribution in [0.5, 0.6) is 5.75 Å². The van der Waals surface area contributed by atoms with Gasteiger partial charge in [0.2, 0.25) is 0 Å². The van der Waals surface area contributed by atoms with E-state index in [1.807, 2.05) is 0 Å². The molecule has 2 aliphatic rings. The Morgan fingerprint density at radius 2 is 2.29 bits per heavy atom. The number of nitrogens with one attached hydrogen (secondary N) is 3. The van der Waals surface area contributed by atoms with Crippen molar-refractivity contribution >= 4 is 29.0 Å². The third kappa shape index (κ3) is 3.00. The number of nitrogens with two attached hydrogens (primary N) is 1. The highest BCUT2D eigenvalue weighted by Crippen LogP contribution is 2.35. The number of carbonyl (C=O) groups excluding carboxylic acids is 2. The molecule has 3 rings (SSSR count). The van der Waals surface area contributed by atoms with E-state index in [9.17, 15) is 9.59 Å². The van der Waals surface area contributed by atoms with E-state index < -0.39 is 0 Å². The van der Waals surface area contributed by atoms with Crippen LogP contribution < -0.4 is 26.4 Å². The zero-order valence-corrected chi connectivity index (χ0v) is 11.3. The molecule has 0 aliphatic carbocycles. The molecule has 8 nitrogen and oxygen atoms in total. The van der Waals surface area contributed by atoms with Crippen LogP contribution in [-0.4, -0.2) is 37.8 Å². The van der Waals surface area contributed by atoms with E-state index in [-0.39, 0.29) is 24.6 Å². The van der Waals surface area contributed by atoms with Gasteiger partial charge in [-0.2, -0.15) is 0 Å². The van der Waals surface area contributed by atoms with Crippen LogP contribution >= 0.6 is 0 Å². The summed E-state index contributed by atoms with van der Waals surface area (Å²) in [4.78, 5) is 23.2. The van der Waals surface area contributed by atoms with Gasteiger partial charge in [-0.1, -0.05) is 0 Å². The molecular weight excluding hydrogens is 276 g/mol. The largest absolute Gasteiger partial charge is 0.482 e. The van der Waals surface area contributed by atoms with E-state index in [2.05, 4.69) is 16.0 Å². The first-order valence-electron chi connectivity index (χ1n) is 6.63. The van der Waals surface area contributed by atoms with Gasteiger partial charge in [0.05, 0.1) is 29.7 Å². The predicted octanol–water partition coefficient (Wildman–Crippen LogP) is 0.510. The van der Waals surface area contributed by atoms with Gasteiger partial charge in [0.15, 0.2) is 6.61 Å². The summed E-state index contributed by atoms with van der Waals surface area (Å²) < 4.78 is 10.4. The van der Waals surface area contributed by atoms with E-state index in [0.717, 1.165) is 6.42 Å². The second-order valence-electron chi connectivity index (χ2n) is 4.93. The first-order valence-corrected chi connectivity index (χ1v) is 6.63. The zero-order valence-electron chi connectivity index (χ0n) is 11.3. The lowest BCUT2D eigenvalue weighted by atomic mass is 10.2. The summed E-state index contributed by atoms with van der Waals surface area (Å²) in [6.45, 7) is 1.12. The zero-order chi connectivity index (χ0) is 14.8. The number of anilines is 3. The Morgan fingerprint density at radius 3 is 3.05 bits per heavy atom. The van der Waals surface area contributed by atoms with Gasteiger partial charge < -0.3 is 31.2 Å². The third-order valence-electron chi connectivity index (χ3n) is 3.30. The smallest absolute Gasteiger partial charge is 0.319 e. The summed E-state index contributed by atoms with van der Waals surface area (Å²) in [6.07, 6.45) is 0.789. The molecule has 21 heavy (non-hydrogen) atoms. The van der Waals surface area contributed by atoms with Crippen molar-refractivity contribution in [3.63, 3.8) is 0 Å². The molecule has 0 radical (unpaired) electrons. The van der Waals surface area contributed by atoms with E-state index in [4.69, 9.17) is 15.2 Å². The van der Waals surface area contributed by atoms with Crippen LogP contribution in [0.1, 0.15) is 6.42 Å². The number of benzene rings is 1. The van der Waals surface area contributed by atoms with Crippen LogP contribution in [0.25, 0.3) is 0 Å². The fourth-order valence-electron chi connectivity index (χ4n) is 2.24. The summed E-state index contributed by atoms with van der Waals surface area (Å²) in [5, 5.41) is 8.12. The van der Waals surface area contributed by atoms with Gasteiger partial charge in [0.25, 0.3) is 5.91 Å². The molecule has 8 heteroatoms. The fourth-order valence-corrected chi connectivity index (χ4v) is 2.24. The summed E-state index contributed by atoms with van der Waals surface area (Å²) in [5.74, 6) is 0.244. The summed E-state index contributed by atoms with van der Waals surface area (Å²) >= 11 is 0. The van der Waals surface area contributed by atoms with Crippen LogP contribution in [0.15, 0.2) is 12.1 Å². The van der Waals surface area contributed by atoms with Crippen molar-refractivity contribution in [2.75, 3.05) is 36.2 Å². The van der Waals surface area contributed by atoms with Gasteiger partial charge >= 0.3 is 6.03 Å². The van der Waals surface area contributed by atoms with Gasteiger partial charge in [0, 0.05) is 12.7 Å². The molecule has 2 heterocycles. The average Bonchev–Trinajstić information content (AvgIpc) is 2.93. The molecule has 0 saturated carbocycles. The molecular formula is C13H16N4O4. The number of amides is 3. The lowest BCUT2D eigenvalue weighted by Crippen LogP contribution is -2.38. The van der Waals surface area contributed by atoms with E-state index in [0.29, 0.717) is 36.0 Å². The molecule has 112 valence electrons. The number of hydrogen-bond acceptors (Lipinski definition) is 5. The van der Waals surface area contributed by atoms with E-state index in [1.165, 1.54) is 0 Å². The quantitative estimate of drug-likeness (QED) is 0.593.